The third-order valence-electron chi connectivity index (χ3n) is 13.0. The number of hydrogen-bond acceptors (Lipinski definition) is 5. The van der Waals surface area contributed by atoms with Crippen molar-refractivity contribution in [3.63, 3.8) is 0 Å². The monoisotopic (exact) mass is 484 g/mol. The predicted octanol–water partition coefficient (Wildman–Crippen LogP) is 5.16. The van der Waals surface area contributed by atoms with Crippen molar-refractivity contribution in [3.05, 3.63) is 23.8 Å². The summed E-state index contributed by atoms with van der Waals surface area (Å²) in [6, 6.07) is 0. The van der Waals surface area contributed by atoms with Gasteiger partial charge in [0, 0.05) is 29.2 Å². The SMILES string of the molecule is C=C([C@@H]1CC=C(C)C(=O)O1)[C@@H]1CC[C@]2(C)[C@@H]1CC[C@@H]1[C@@]34CO[C@](O)(C[C@H]3O)C(C)(C)[C@@H]4CC[C@]12C. The molecule has 4 aliphatic carbocycles. The number of carbonyl (C=O) groups is 1. The Morgan fingerprint density at radius 1 is 1.06 bits per heavy atom. The highest BCUT2D eigenvalue weighted by Crippen LogP contribution is 2.77. The Kier molecular flexibility index (Phi) is 5.00. The van der Waals surface area contributed by atoms with Gasteiger partial charge in [0.1, 0.15) is 6.10 Å². The van der Waals surface area contributed by atoms with Gasteiger partial charge in [-0.3, -0.25) is 0 Å². The van der Waals surface area contributed by atoms with Crippen LogP contribution in [0.1, 0.15) is 86.0 Å². The average molecular weight is 485 g/mol. The second-order valence-electron chi connectivity index (χ2n) is 14.0. The minimum Gasteiger partial charge on any atom is -0.454 e. The molecular weight excluding hydrogens is 440 g/mol. The molecule has 4 saturated carbocycles. The Hall–Kier alpha value is -1.17. The van der Waals surface area contributed by atoms with E-state index in [-0.39, 0.29) is 39.7 Å². The second-order valence-corrected chi connectivity index (χ2v) is 14.0. The fourth-order valence-corrected chi connectivity index (χ4v) is 10.7. The summed E-state index contributed by atoms with van der Waals surface area (Å²) in [6.45, 7) is 16.1. The van der Waals surface area contributed by atoms with E-state index in [0.29, 0.717) is 36.4 Å². The van der Waals surface area contributed by atoms with Crippen molar-refractivity contribution >= 4 is 5.97 Å². The number of hydrogen-bond donors (Lipinski definition) is 2. The quantitative estimate of drug-likeness (QED) is 0.418. The molecule has 0 aromatic carbocycles. The van der Waals surface area contributed by atoms with Crippen molar-refractivity contribution in [2.45, 2.75) is 104 Å². The second kappa shape index (κ2) is 7.23. The highest BCUT2D eigenvalue weighted by Gasteiger charge is 2.77. The summed E-state index contributed by atoms with van der Waals surface area (Å²) < 4.78 is 12.0. The third-order valence-corrected chi connectivity index (χ3v) is 13.0. The predicted molar refractivity (Wildman–Crippen MR) is 133 cm³/mol. The summed E-state index contributed by atoms with van der Waals surface area (Å²) in [5, 5.41) is 22.9. The summed E-state index contributed by atoms with van der Waals surface area (Å²) in [5.74, 6) is 0.0954. The first kappa shape index (κ1) is 24.2. The molecule has 5 nitrogen and oxygen atoms in total. The molecule has 0 unspecified atom stereocenters. The van der Waals surface area contributed by atoms with Gasteiger partial charge in [0.15, 0.2) is 5.79 Å². The van der Waals surface area contributed by atoms with Gasteiger partial charge in [-0.15, -0.1) is 0 Å². The largest absolute Gasteiger partial charge is 0.454 e. The van der Waals surface area contributed by atoms with Crippen LogP contribution in [0.25, 0.3) is 0 Å². The van der Waals surface area contributed by atoms with Crippen LogP contribution in [-0.2, 0) is 14.3 Å². The highest BCUT2D eigenvalue weighted by atomic mass is 16.6. The van der Waals surface area contributed by atoms with Gasteiger partial charge in [0.2, 0.25) is 0 Å². The Bertz CT molecular complexity index is 999. The van der Waals surface area contributed by atoms with Crippen molar-refractivity contribution in [2.24, 2.45) is 45.3 Å². The van der Waals surface area contributed by atoms with Crippen LogP contribution in [0.5, 0.6) is 0 Å². The third kappa shape index (κ3) is 2.73. The van der Waals surface area contributed by atoms with E-state index in [2.05, 4.69) is 34.3 Å². The molecular formula is C30H44O5. The Morgan fingerprint density at radius 3 is 2.46 bits per heavy atom. The number of cyclic esters (lactones) is 1. The van der Waals surface area contributed by atoms with Crippen molar-refractivity contribution in [2.75, 3.05) is 6.61 Å². The van der Waals surface area contributed by atoms with Crippen LogP contribution in [0.3, 0.4) is 0 Å². The Balaban J connectivity index is 1.33. The smallest absolute Gasteiger partial charge is 0.333 e. The molecule has 0 aromatic rings. The maximum Gasteiger partial charge on any atom is 0.333 e. The van der Waals surface area contributed by atoms with Gasteiger partial charge in [-0.2, -0.15) is 0 Å². The first-order valence-electron chi connectivity index (χ1n) is 13.9. The lowest BCUT2D eigenvalue weighted by atomic mass is 9.33. The molecule has 7 rings (SSSR count). The Labute approximate surface area is 210 Å². The van der Waals surface area contributed by atoms with E-state index < -0.39 is 11.9 Å². The molecule has 194 valence electrons. The topological polar surface area (TPSA) is 76.0 Å². The van der Waals surface area contributed by atoms with E-state index in [1.807, 2.05) is 13.0 Å². The maximum absolute atomic E-state index is 12.2. The average Bonchev–Trinajstić information content (AvgIpc) is 3.15. The Morgan fingerprint density at radius 2 is 1.77 bits per heavy atom. The number of esters is 1. The molecule has 2 bridgehead atoms. The number of carbonyl (C=O) groups excluding carboxylic acids is 1. The fourth-order valence-electron chi connectivity index (χ4n) is 10.7. The normalized spacial score (nSPS) is 54.3. The van der Waals surface area contributed by atoms with Crippen molar-refractivity contribution in [3.8, 4) is 0 Å². The van der Waals surface area contributed by atoms with Crippen molar-refractivity contribution in [1.82, 2.24) is 0 Å². The van der Waals surface area contributed by atoms with Crippen LogP contribution in [0.2, 0.25) is 0 Å². The van der Waals surface area contributed by atoms with Crippen LogP contribution >= 0.6 is 0 Å². The van der Waals surface area contributed by atoms with Crippen LogP contribution < -0.4 is 0 Å². The van der Waals surface area contributed by atoms with Crippen LogP contribution in [0.4, 0.5) is 0 Å². The van der Waals surface area contributed by atoms with Gasteiger partial charge in [0.25, 0.3) is 0 Å². The summed E-state index contributed by atoms with van der Waals surface area (Å²) in [4.78, 5) is 12.2. The molecule has 6 fully saturated rings. The van der Waals surface area contributed by atoms with Gasteiger partial charge in [-0.05, 0) is 85.5 Å². The molecule has 35 heavy (non-hydrogen) atoms. The maximum atomic E-state index is 12.2. The van der Waals surface area contributed by atoms with Gasteiger partial charge >= 0.3 is 5.97 Å². The zero-order valence-corrected chi connectivity index (χ0v) is 22.2. The molecule has 0 radical (unpaired) electrons. The first-order valence-corrected chi connectivity index (χ1v) is 13.9. The molecule has 0 aromatic heterocycles. The molecule has 10 atom stereocenters. The number of rotatable bonds is 2. The van der Waals surface area contributed by atoms with E-state index in [1.54, 1.807) is 0 Å². The van der Waals surface area contributed by atoms with E-state index in [1.165, 1.54) is 0 Å². The lowest BCUT2D eigenvalue weighted by molar-refractivity contribution is -0.421. The van der Waals surface area contributed by atoms with Crippen molar-refractivity contribution in [1.29, 1.82) is 0 Å². The van der Waals surface area contributed by atoms with Gasteiger partial charge < -0.3 is 19.7 Å². The van der Waals surface area contributed by atoms with E-state index in [4.69, 9.17) is 9.47 Å². The molecule has 0 amide bonds. The number of aliphatic hydroxyl groups is 2. The van der Waals surface area contributed by atoms with Crippen LogP contribution in [0.15, 0.2) is 23.8 Å². The standard InChI is InChI=1S/C30H44O5/c1-17-7-9-21(35-25(17)32)18(2)19-11-13-27(5)20(19)8-10-23-28(27,6)14-12-22-26(3,4)30(33)15-24(31)29(22,23)16-34-30/h7,19-24,31,33H,2,8-16H2,1,3-6H3/t19-,20+,21-,22-,23-,24+,27+,28+,29-,30+/m0/s1. The molecule has 3 aliphatic heterocycles. The zero-order chi connectivity index (χ0) is 25.2. The van der Waals surface area contributed by atoms with E-state index in [0.717, 1.165) is 50.5 Å². The molecule has 3 heterocycles. The highest BCUT2D eigenvalue weighted by molar-refractivity contribution is 5.88. The lowest BCUT2D eigenvalue weighted by Crippen LogP contribution is -2.77. The molecule has 5 heteroatoms. The molecule has 1 spiro atoms. The summed E-state index contributed by atoms with van der Waals surface area (Å²) in [7, 11) is 0. The van der Waals surface area contributed by atoms with Gasteiger partial charge in [-0.1, -0.05) is 40.3 Å². The van der Waals surface area contributed by atoms with Crippen LogP contribution in [0, 0.1) is 45.3 Å². The summed E-state index contributed by atoms with van der Waals surface area (Å²) in [5.41, 5.74) is 1.38. The minimum atomic E-state index is -1.23. The molecule has 2 saturated heterocycles. The van der Waals surface area contributed by atoms with Gasteiger partial charge in [0.05, 0.1) is 12.7 Å². The molecule has 7 aliphatic rings. The summed E-state index contributed by atoms with van der Waals surface area (Å²) >= 11 is 0. The van der Waals surface area contributed by atoms with Crippen LogP contribution in [-0.4, -0.2) is 40.8 Å². The van der Waals surface area contributed by atoms with E-state index >= 15 is 0 Å². The number of ether oxygens (including phenoxy) is 2. The lowest BCUT2D eigenvalue weighted by Gasteiger charge is -2.75. The first-order chi connectivity index (χ1) is 16.3. The van der Waals surface area contributed by atoms with E-state index in [9.17, 15) is 15.0 Å². The minimum absolute atomic E-state index is 0.0917. The van der Waals surface area contributed by atoms with Crippen molar-refractivity contribution < 1.29 is 24.5 Å². The zero-order valence-electron chi connectivity index (χ0n) is 22.2. The fraction of sp³-hybridized carbons (Fsp3) is 0.833. The summed E-state index contributed by atoms with van der Waals surface area (Å²) in [6.07, 6.45) is 8.93. The van der Waals surface area contributed by atoms with Gasteiger partial charge in [-0.25, -0.2) is 4.79 Å². The molecule has 2 N–H and O–H groups in total. The number of aliphatic hydroxyl groups excluding tert-OH is 1. The number of fused-ring (bicyclic) bond motifs is 5.